The summed E-state index contributed by atoms with van der Waals surface area (Å²) in [6.07, 6.45) is 6.09. The summed E-state index contributed by atoms with van der Waals surface area (Å²) in [5.74, 6) is 0.861. The SMILES string of the molecule is CCNC1CCCN(c2ncccn2)C1. The summed E-state index contributed by atoms with van der Waals surface area (Å²) >= 11 is 0. The number of nitrogens with zero attached hydrogens (tertiary/aromatic N) is 3. The monoisotopic (exact) mass is 206 g/mol. The van der Waals surface area contributed by atoms with Crippen molar-refractivity contribution >= 4 is 5.95 Å². The predicted molar refractivity (Wildman–Crippen MR) is 60.9 cm³/mol. The van der Waals surface area contributed by atoms with Gasteiger partial charge in [-0.05, 0) is 25.5 Å². The third-order valence-electron chi connectivity index (χ3n) is 2.75. The van der Waals surface area contributed by atoms with E-state index in [4.69, 9.17) is 0 Å². The molecule has 1 aromatic heterocycles. The van der Waals surface area contributed by atoms with Crippen LogP contribution >= 0.6 is 0 Å². The lowest BCUT2D eigenvalue weighted by Crippen LogP contribution is -2.46. The molecule has 1 aliphatic rings. The molecule has 0 amide bonds. The number of anilines is 1. The van der Waals surface area contributed by atoms with E-state index in [-0.39, 0.29) is 0 Å². The molecular weight excluding hydrogens is 188 g/mol. The Hall–Kier alpha value is -1.16. The number of hydrogen-bond donors (Lipinski definition) is 1. The molecule has 1 N–H and O–H groups in total. The van der Waals surface area contributed by atoms with Crippen LogP contribution in [-0.4, -0.2) is 35.6 Å². The van der Waals surface area contributed by atoms with Gasteiger partial charge in [-0.1, -0.05) is 6.92 Å². The standard InChI is InChI=1S/C11H18N4/c1-2-12-10-5-3-8-15(9-10)11-13-6-4-7-14-11/h4,6-7,10,12H,2-3,5,8-9H2,1H3. The summed E-state index contributed by atoms with van der Waals surface area (Å²) in [7, 11) is 0. The fourth-order valence-electron chi connectivity index (χ4n) is 2.07. The van der Waals surface area contributed by atoms with Gasteiger partial charge >= 0.3 is 0 Å². The van der Waals surface area contributed by atoms with Crippen LogP contribution < -0.4 is 10.2 Å². The van der Waals surface area contributed by atoms with E-state index in [2.05, 4.69) is 27.1 Å². The van der Waals surface area contributed by atoms with Crippen LogP contribution in [0.5, 0.6) is 0 Å². The number of hydrogen-bond acceptors (Lipinski definition) is 4. The molecule has 15 heavy (non-hydrogen) atoms. The van der Waals surface area contributed by atoms with E-state index in [9.17, 15) is 0 Å². The highest BCUT2D eigenvalue weighted by molar-refractivity contribution is 5.29. The quantitative estimate of drug-likeness (QED) is 0.802. The van der Waals surface area contributed by atoms with Crippen molar-refractivity contribution < 1.29 is 0 Å². The first-order valence-corrected chi connectivity index (χ1v) is 5.65. The Labute approximate surface area is 90.7 Å². The van der Waals surface area contributed by atoms with Gasteiger partial charge in [0.2, 0.25) is 5.95 Å². The van der Waals surface area contributed by atoms with Crippen LogP contribution in [-0.2, 0) is 0 Å². The van der Waals surface area contributed by atoms with Crippen LogP contribution in [0.25, 0.3) is 0 Å². The minimum Gasteiger partial charge on any atom is -0.339 e. The van der Waals surface area contributed by atoms with Gasteiger partial charge in [0.15, 0.2) is 0 Å². The largest absolute Gasteiger partial charge is 0.339 e. The molecule has 1 aliphatic heterocycles. The third kappa shape index (κ3) is 2.65. The summed E-state index contributed by atoms with van der Waals surface area (Å²) in [5, 5.41) is 3.49. The Bertz CT molecular complexity index is 286. The first kappa shape index (κ1) is 10.4. The van der Waals surface area contributed by atoms with Gasteiger partial charge in [-0.2, -0.15) is 0 Å². The maximum absolute atomic E-state index is 4.28. The van der Waals surface area contributed by atoms with E-state index in [1.807, 2.05) is 6.07 Å². The lowest BCUT2D eigenvalue weighted by molar-refractivity contribution is 0.427. The molecule has 0 aliphatic carbocycles. The van der Waals surface area contributed by atoms with E-state index in [0.717, 1.165) is 25.6 Å². The molecule has 1 fully saturated rings. The van der Waals surface area contributed by atoms with Crippen molar-refractivity contribution in [1.29, 1.82) is 0 Å². The van der Waals surface area contributed by atoms with Crippen LogP contribution in [0.1, 0.15) is 19.8 Å². The van der Waals surface area contributed by atoms with E-state index >= 15 is 0 Å². The molecule has 1 unspecified atom stereocenters. The molecule has 0 saturated carbocycles. The Morgan fingerprint density at radius 1 is 1.47 bits per heavy atom. The minimum atomic E-state index is 0.590. The summed E-state index contributed by atoms with van der Waals surface area (Å²) in [6, 6.07) is 2.45. The molecule has 4 nitrogen and oxygen atoms in total. The van der Waals surface area contributed by atoms with Crippen molar-refractivity contribution in [3.8, 4) is 0 Å². The molecule has 1 saturated heterocycles. The normalized spacial score (nSPS) is 21.7. The topological polar surface area (TPSA) is 41.0 Å². The summed E-state index contributed by atoms with van der Waals surface area (Å²) < 4.78 is 0. The number of likely N-dealkylation sites (N-methyl/N-ethyl adjacent to an activating group) is 1. The summed E-state index contributed by atoms with van der Waals surface area (Å²) in [6.45, 7) is 5.29. The molecule has 1 aromatic rings. The molecule has 1 atom stereocenters. The summed E-state index contributed by atoms with van der Waals surface area (Å²) in [5.41, 5.74) is 0. The highest BCUT2D eigenvalue weighted by Crippen LogP contribution is 2.14. The lowest BCUT2D eigenvalue weighted by atomic mass is 10.1. The summed E-state index contributed by atoms with van der Waals surface area (Å²) in [4.78, 5) is 10.8. The van der Waals surface area contributed by atoms with Crippen molar-refractivity contribution in [3.05, 3.63) is 18.5 Å². The van der Waals surface area contributed by atoms with E-state index < -0.39 is 0 Å². The number of aromatic nitrogens is 2. The van der Waals surface area contributed by atoms with Gasteiger partial charge in [0.1, 0.15) is 0 Å². The highest BCUT2D eigenvalue weighted by Gasteiger charge is 2.20. The second-order valence-corrected chi connectivity index (χ2v) is 3.89. The van der Waals surface area contributed by atoms with Gasteiger partial charge in [0.05, 0.1) is 0 Å². The van der Waals surface area contributed by atoms with Gasteiger partial charge in [-0.25, -0.2) is 9.97 Å². The molecule has 2 rings (SSSR count). The van der Waals surface area contributed by atoms with Crippen molar-refractivity contribution in [3.63, 3.8) is 0 Å². The Kier molecular flexibility index (Phi) is 3.50. The number of rotatable bonds is 3. The molecule has 2 heterocycles. The average Bonchev–Trinajstić information content (AvgIpc) is 2.31. The molecule has 0 bridgehead atoms. The van der Waals surface area contributed by atoms with Crippen LogP contribution in [0, 0.1) is 0 Å². The Morgan fingerprint density at radius 3 is 3.00 bits per heavy atom. The second kappa shape index (κ2) is 5.07. The maximum Gasteiger partial charge on any atom is 0.225 e. The van der Waals surface area contributed by atoms with Crippen LogP contribution in [0.3, 0.4) is 0 Å². The number of nitrogens with one attached hydrogen (secondary N) is 1. The molecule has 0 aromatic carbocycles. The highest BCUT2D eigenvalue weighted by atomic mass is 15.3. The first-order chi connectivity index (χ1) is 7.40. The molecule has 82 valence electrons. The van der Waals surface area contributed by atoms with Gasteiger partial charge in [-0.15, -0.1) is 0 Å². The van der Waals surface area contributed by atoms with Crippen molar-refractivity contribution in [1.82, 2.24) is 15.3 Å². The van der Waals surface area contributed by atoms with Gasteiger partial charge in [0.25, 0.3) is 0 Å². The zero-order valence-electron chi connectivity index (χ0n) is 9.19. The predicted octanol–water partition coefficient (Wildman–Crippen LogP) is 1.05. The van der Waals surface area contributed by atoms with Gasteiger partial charge < -0.3 is 10.2 Å². The van der Waals surface area contributed by atoms with Crippen molar-refractivity contribution in [2.45, 2.75) is 25.8 Å². The Balaban J connectivity index is 1.98. The molecule has 0 spiro atoms. The maximum atomic E-state index is 4.28. The molecular formula is C11H18N4. The third-order valence-corrected chi connectivity index (χ3v) is 2.75. The average molecular weight is 206 g/mol. The van der Waals surface area contributed by atoms with Gasteiger partial charge in [-0.3, -0.25) is 0 Å². The molecule has 4 heteroatoms. The van der Waals surface area contributed by atoms with Crippen molar-refractivity contribution in [2.75, 3.05) is 24.5 Å². The van der Waals surface area contributed by atoms with Crippen LogP contribution in [0.15, 0.2) is 18.5 Å². The van der Waals surface area contributed by atoms with E-state index in [1.54, 1.807) is 12.4 Å². The lowest BCUT2D eigenvalue weighted by Gasteiger charge is -2.32. The fraction of sp³-hybridized carbons (Fsp3) is 0.636. The smallest absolute Gasteiger partial charge is 0.225 e. The van der Waals surface area contributed by atoms with E-state index in [0.29, 0.717) is 6.04 Å². The van der Waals surface area contributed by atoms with Gasteiger partial charge in [0, 0.05) is 31.5 Å². The zero-order chi connectivity index (χ0) is 10.5. The first-order valence-electron chi connectivity index (χ1n) is 5.65. The Morgan fingerprint density at radius 2 is 2.27 bits per heavy atom. The minimum absolute atomic E-state index is 0.590. The van der Waals surface area contributed by atoms with Crippen molar-refractivity contribution in [2.24, 2.45) is 0 Å². The molecule has 0 radical (unpaired) electrons. The van der Waals surface area contributed by atoms with E-state index in [1.165, 1.54) is 12.8 Å². The fourth-order valence-corrected chi connectivity index (χ4v) is 2.07. The zero-order valence-corrected chi connectivity index (χ0v) is 9.19. The number of piperidine rings is 1. The van der Waals surface area contributed by atoms with Crippen LogP contribution in [0.4, 0.5) is 5.95 Å². The van der Waals surface area contributed by atoms with Crippen LogP contribution in [0.2, 0.25) is 0 Å². The second-order valence-electron chi connectivity index (χ2n) is 3.89.